The Morgan fingerprint density at radius 1 is 0.825 bits per heavy atom. The quantitative estimate of drug-likeness (QED) is 0.191. The number of nitrogens with zero attached hydrogens (tertiary/aromatic N) is 2. The Morgan fingerprint density at radius 2 is 1.50 bits per heavy atom. The first-order valence-electron chi connectivity index (χ1n) is 13.7. The van der Waals surface area contributed by atoms with Gasteiger partial charge in [0.05, 0.1) is 5.56 Å². The highest BCUT2D eigenvalue weighted by Gasteiger charge is 2.53. The van der Waals surface area contributed by atoms with E-state index in [2.05, 4.69) is 35.8 Å². The van der Waals surface area contributed by atoms with Crippen LogP contribution in [0.3, 0.4) is 0 Å². The van der Waals surface area contributed by atoms with E-state index in [-0.39, 0.29) is 11.8 Å². The van der Waals surface area contributed by atoms with Crippen molar-refractivity contribution in [3.8, 4) is 11.5 Å². The predicted octanol–water partition coefficient (Wildman–Crippen LogP) is 7.38. The second kappa shape index (κ2) is 9.56. The molecular weight excluding hydrogens is 500 g/mol. The van der Waals surface area contributed by atoms with Gasteiger partial charge in [-0.1, -0.05) is 18.2 Å². The van der Waals surface area contributed by atoms with Crippen LogP contribution >= 0.6 is 0 Å². The predicted molar refractivity (Wildman–Crippen MR) is 158 cm³/mol. The van der Waals surface area contributed by atoms with Crippen molar-refractivity contribution in [1.82, 2.24) is 0 Å². The zero-order chi connectivity index (χ0) is 28.2. The molecule has 0 radical (unpaired) electrons. The van der Waals surface area contributed by atoms with E-state index in [9.17, 15) is 9.59 Å². The van der Waals surface area contributed by atoms with Gasteiger partial charge in [0.25, 0.3) is 0 Å². The van der Waals surface area contributed by atoms with E-state index in [1.807, 2.05) is 80.7 Å². The van der Waals surface area contributed by atoms with E-state index in [0.717, 1.165) is 52.4 Å². The monoisotopic (exact) mass is 532 g/mol. The number of carbonyl (C=O) groups excluding carboxylic acids is 2. The molecule has 2 aliphatic rings. The molecule has 0 fully saturated rings. The third-order valence-corrected chi connectivity index (χ3v) is 8.16. The average molecular weight is 533 g/mol. The number of hydrogen-bond donors (Lipinski definition) is 0. The molecule has 0 aromatic heterocycles. The lowest BCUT2D eigenvalue weighted by Crippen LogP contribution is -2.33. The maximum absolute atomic E-state index is 13.3. The van der Waals surface area contributed by atoms with Crippen molar-refractivity contribution in [2.45, 2.75) is 33.3 Å². The fourth-order valence-electron chi connectivity index (χ4n) is 6.00. The lowest BCUT2D eigenvalue weighted by atomic mass is 9.77. The van der Waals surface area contributed by atoms with Crippen molar-refractivity contribution < 1.29 is 19.1 Å². The molecule has 0 saturated heterocycles. The van der Waals surface area contributed by atoms with Crippen molar-refractivity contribution in [1.29, 1.82) is 0 Å². The summed E-state index contributed by atoms with van der Waals surface area (Å²) in [6.45, 7) is 9.61. The van der Waals surface area contributed by atoms with Gasteiger partial charge in [0.1, 0.15) is 11.5 Å². The Kier molecular flexibility index (Phi) is 6.14. The van der Waals surface area contributed by atoms with E-state index in [0.29, 0.717) is 22.6 Å². The molecule has 4 aromatic rings. The number of fused-ring (bicyclic) bond motifs is 6. The second-order valence-electron chi connectivity index (χ2n) is 10.4. The Morgan fingerprint density at radius 3 is 2.20 bits per heavy atom. The number of hydrogen-bond acceptors (Lipinski definition) is 6. The van der Waals surface area contributed by atoms with Gasteiger partial charge in [-0.05, 0) is 87.9 Å². The molecule has 6 nitrogen and oxygen atoms in total. The van der Waals surface area contributed by atoms with Gasteiger partial charge in [-0.15, -0.1) is 0 Å². The minimum atomic E-state index is -1.14. The van der Waals surface area contributed by atoms with Gasteiger partial charge in [-0.2, -0.15) is 0 Å². The summed E-state index contributed by atoms with van der Waals surface area (Å²) in [5.74, 6) is 1.03. The van der Waals surface area contributed by atoms with Gasteiger partial charge < -0.3 is 19.3 Å². The second-order valence-corrected chi connectivity index (χ2v) is 10.4. The molecule has 202 valence electrons. The summed E-state index contributed by atoms with van der Waals surface area (Å²) in [6.07, 6.45) is 0. The van der Waals surface area contributed by atoms with Gasteiger partial charge in [0.15, 0.2) is 11.4 Å². The Bertz CT molecular complexity index is 1660. The van der Waals surface area contributed by atoms with Crippen molar-refractivity contribution in [3.63, 3.8) is 0 Å². The van der Waals surface area contributed by atoms with E-state index in [1.54, 1.807) is 6.92 Å². The van der Waals surface area contributed by atoms with Crippen molar-refractivity contribution in [2.24, 2.45) is 0 Å². The summed E-state index contributed by atoms with van der Waals surface area (Å²) in [5, 5.41) is 0. The van der Waals surface area contributed by atoms with E-state index in [1.165, 1.54) is 0 Å². The van der Waals surface area contributed by atoms with E-state index >= 15 is 0 Å². The summed E-state index contributed by atoms with van der Waals surface area (Å²) in [4.78, 5) is 29.5. The van der Waals surface area contributed by atoms with Crippen molar-refractivity contribution >= 4 is 28.8 Å². The van der Waals surface area contributed by atoms with E-state index in [4.69, 9.17) is 9.47 Å². The summed E-state index contributed by atoms with van der Waals surface area (Å²) in [6, 6.07) is 25.4. The number of ether oxygens (including phenoxy) is 2. The number of aryl methyl sites for hydroxylation is 1. The highest BCUT2D eigenvalue weighted by molar-refractivity contribution is 5.97. The van der Waals surface area contributed by atoms with Crippen LogP contribution in [0.1, 0.15) is 63.7 Å². The fraction of sp³-hybridized carbons (Fsp3) is 0.235. The number of rotatable bonds is 6. The molecule has 1 unspecified atom stereocenters. The maximum atomic E-state index is 13.3. The molecule has 6 rings (SSSR count). The zero-order valence-electron chi connectivity index (χ0n) is 23.4. The number of esters is 1. The van der Waals surface area contributed by atoms with Crippen LogP contribution in [0.15, 0.2) is 78.9 Å². The molecule has 4 aromatic carbocycles. The van der Waals surface area contributed by atoms with Crippen LogP contribution in [0.4, 0.5) is 17.1 Å². The Labute approximate surface area is 234 Å². The van der Waals surface area contributed by atoms with Crippen LogP contribution in [0.25, 0.3) is 0 Å². The van der Waals surface area contributed by atoms with Gasteiger partial charge in [0.2, 0.25) is 0 Å². The Hall–Kier alpha value is -4.58. The summed E-state index contributed by atoms with van der Waals surface area (Å²) < 4.78 is 13.0. The Balaban J connectivity index is 1.55. The van der Waals surface area contributed by atoms with Crippen LogP contribution in [0.2, 0.25) is 0 Å². The molecule has 2 aliphatic heterocycles. The molecular formula is C34H32N2O4. The minimum absolute atomic E-state index is 0.0304. The lowest BCUT2D eigenvalue weighted by molar-refractivity contribution is 0.0224. The first kappa shape index (κ1) is 25.7. The van der Waals surface area contributed by atoms with E-state index < -0.39 is 5.60 Å². The standard InChI is InChI=1S/C34H32N2O4/c1-6-36(7-2)25-16-17-28-32(19-25)39-31-18-21(3)30(35(5)24-14-12-23(13-15-24)22(4)37)20-29(31)34(28)27-11-9-8-10-26(27)33(38)40-34/h8-20H,6-7H2,1-5H3. The average Bonchev–Trinajstić information content (AvgIpc) is 3.26. The van der Waals surface area contributed by atoms with Crippen LogP contribution in [-0.2, 0) is 10.3 Å². The number of Topliss-reactive ketones (excluding diaryl/α,β-unsaturated/α-hetero) is 1. The van der Waals surface area contributed by atoms with Crippen molar-refractivity contribution in [3.05, 3.63) is 112 Å². The molecule has 2 heterocycles. The first-order chi connectivity index (χ1) is 19.3. The smallest absolute Gasteiger partial charge is 0.340 e. The van der Waals surface area contributed by atoms with Gasteiger partial charge in [-0.3, -0.25) is 4.79 Å². The third-order valence-electron chi connectivity index (χ3n) is 8.16. The first-order valence-corrected chi connectivity index (χ1v) is 13.7. The third kappa shape index (κ3) is 3.78. The molecule has 6 heteroatoms. The summed E-state index contributed by atoms with van der Waals surface area (Å²) >= 11 is 0. The SMILES string of the molecule is CCN(CC)c1ccc2c(c1)Oc1cc(C)c(N(C)c3ccc(C(C)=O)cc3)cc1C21OC(=O)c2ccccc21. The molecule has 0 bridgehead atoms. The highest BCUT2D eigenvalue weighted by atomic mass is 16.6. The topological polar surface area (TPSA) is 59.1 Å². The molecule has 0 amide bonds. The van der Waals surface area contributed by atoms with Gasteiger partial charge >= 0.3 is 5.97 Å². The molecule has 1 spiro atoms. The maximum Gasteiger partial charge on any atom is 0.340 e. The lowest BCUT2D eigenvalue weighted by Gasteiger charge is -2.38. The number of benzene rings is 4. The summed E-state index contributed by atoms with van der Waals surface area (Å²) in [7, 11) is 1.99. The van der Waals surface area contributed by atoms with Crippen LogP contribution < -0.4 is 14.5 Å². The molecule has 40 heavy (non-hydrogen) atoms. The minimum Gasteiger partial charge on any atom is -0.456 e. The number of carbonyl (C=O) groups is 2. The fourth-order valence-corrected chi connectivity index (χ4v) is 6.00. The normalized spacial score (nSPS) is 16.5. The number of anilines is 3. The van der Waals surface area contributed by atoms with Crippen LogP contribution in [0.5, 0.6) is 11.5 Å². The molecule has 1 atom stereocenters. The van der Waals surface area contributed by atoms with Crippen LogP contribution in [-0.4, -0.2) is 31.9 Å². The molecule has 0 saturated carbocycles. The largest absolute Gasteiger partial charge is 0.456 e. The number of ketones is 1. The highest BCUT2D eigenvalue weighted by Crippen LogP contribution is 2.57. The van der Waals surface area contributed by atoms with Gasteiger partial charge in [0, 0.05) is 65.5 Å². The molecule has 0 N–H and O–H groups in total. The zero-order valence-corrected chi connectivity index (χ0v) is 23.4. The summed E-state index contributed by atoms with van der Waals surface area (Å²) in [5.41, 5.74) is 6.43. The van der Waals surface area contributed by atoms with Gasteiger partial charge in [-0.25, -0.2) is 4.79 Å². The molecule has 0 aliphatic carbocycles. The van der Waals surface area contributed by atoms with Crippen LogP contribution in [0, 0.1) is 6.92 Å². The van der Waals surface area contributed by atoms with Crippen molar-refractivity contribution in [2.75, 3.05) is 29.9 Å².